The standard InChI is InChI=1S/C70H89IN14O14/c1-40(2)31-53(79-62(91)49(72)20-13-29-76-60(90)37-71)65(94)81-55(34-43-17-9-6-10-18-43)68(97)84-30-14-22-57(84)67(96)82-56(35-45-38-77-51-21-12-11-19-48(45)51)69(98)85(46(39-86)32-42-15-7-5-8-16-42)70(99)61(41(3)4)83-66(95)54(33-44-23-25-47(87)26-24-44)80-64(93)52(27-28-58(74)88)78-63(92)50(73)36-59(75)89/h5-12,14-19,21,23-26,30,38-41,46,49-50,52-57,61,77,87H,13,20,22,27-29,31-37,72-73H2,1-4H3,(H2,74,88)(H2,75,89)(H,76,90)(H,78,92)(H,79,91)(H,80,93)(H,81,94)(H,82,96)(H,83,95)/t46-,49+,50+,52+,53+,54+,55-,56+,57+,61+/m1/s1. The van der Waals surface area contributed by atoms with Gasteiger partial charge in [0.25, 0.3) is 11.8 Å². The molecule has 12 amide bonds. The number of H-pyrrole nitrogens is 1. The number of hydrogen-bond acceptors (Lipinski definition) is 16. The second-order valence-electron chi connectivity index (χ2n) is 25.1. The molecule has 0 saturated heterocycles. The lowest BCUT2D eigenvalue weighted by molar-refractivity contribution is -0.154. The highest BCUT2D eigenvalue weighted by atomic mass is 127. The highest BCUT2D eigenvalue weighted by Crippen LogP contribution is 2.25. The van der Waals surface area contributed by atoms with Gasteiger partial charge in [-0.2, -0.15) is 0 Å². The van der Waals surface area contributed by atoms with Gasteiger partial charge in [-0.15, -0.1) is 0 Å². The van der Waals surface area contributed by atoms with Gasteiger partial charge < -0.3 is 79.9 Å². The second kappa shape index (κ2) is 38.3. The van der Waals surface area contributed by atoms with E-state index in [-0.39, 0.29) is 73.5 Å². The number of alkyl halides is 1. The van der Waals surface area contributed by atoms with Crippen LogP contribution in [0.2, 0.25) is 0 Å². The number of hydrogen-bond donors (Lipinski definition) is 13. The Kier molecular flexibility index (Phi) is 30.2. The minimum absolute atomic E-state index is 0.0792. The van der Waals surface area contributed by atoms with Gasteiger partial charge in [0.2, 0.25) is 59.1 Å². The van der Waals surface area contributed by atoms with E-state index < -0.39 is 151 Å². The van der Waals surface area contributed by atoms with Gasteiger partial charge in [-0.05, 0) is 84.4 Å². The number of carbonyl (C=O) groups excluding carboxylic acids is 13. The van der Waals surface area contributed by atoms with Crippen molar-refractivity contribution in [3.05, 3.63) is 150 Å². The first-order chi connectivity index (χ1) is 47.2. The van der Waals surface area contributed by atoms with Gasteiger partial charge in [0.15, 0.2) is 0 Å². The first-order valence-electron chi connectivity index (χ1n) is 32.6. The van der Waals surface area contributed by atoms with Crippen LogP contribution in [0.4, 0.5) is 0 Å². The van der Waals surface area contributed by atoms with Gasteiger partial charge in [-0.25, -0.2) is 0 Å². The van der Waals surface area contributed by atoms with E-state index in [1.54, 1.807) is 111 Å². The van der Waals surface area contributed by atoms with Gasteiger partial charge in [0, 0.05) is 61.9 Å². The number of primary amides is 2. The molecule has 17 N–H and O–H groups in total. The summed E-state index contributed by atoms with van der Waals surface area (Å²) in [6.45, 7) is 7.07. The Morgan fingerprint density at radius 2 is 1.19 bits per heavy atom. The van der Waals surface area contributed by atoms with E-state index in [1.807, 2.05) is 36.4 Å². The van der Waals surface area contributed by atoms with Crippen LogP contribution in [0.1, 0.15) is 94.9 Å². The van der Waals surface area contributed by atoms with Gasteiger partial charge >= 0.3 is 0 Å². The van der Waals surface area contributed by atoms with Crippen LogP contribution >= 0.6 is 22.6 Å². The summed E-state index contributed by atoms with van der Waals surface area (Å²) in [7, 11) is 0. The summed E-state index contributed by atoms with van der Waals surface area (Å²) >= 11 is 1.93. The van der Waals surface area contributed by atoms with Crippen LogP contribution in [0.3, 0.4) is 0 Å². The third-order valence-corrected chi connectivity index (χ3v) is 17.2. The number of phenols is 1. The number of phenolic OH excluding ortho intramolecular Hbond substituents is 1. The fraction of sp³-hybridized carbons (Fsp3) is 0.414. The zero-order chi connectivity index (χ0) is 72.5. The lowest BCUT2D eigenvalue weighted by Gasteiger charge is -2.35. The molecule has 1 aromatic heterocycles. The molecular weight excluding hydrogens is 1390 g/mol. The van der Waals surface area contributed by atoms with Gasteiger partial charge in [0.1, 0.15) is 54.3 Å². The Bertz CT molecular complexity index is 3690. The number of nitrogens with zero attached hydrogens (tertiary/aromatic N) is 2. The molecule has 0 fully saturated rings. The molecular formula is C70H89IN14O14. The molecule has 0 saturated carbocycles. The Morgan fingerprint density at radius 3 is 1.81 bits per heavy atom. The van der Waals surface area contributed by atoms with E-state index in [9.17, 15) is 43.5 Å². The molecule has 1 aliphatic heterocycles. The van der Waals surface area contributed by atoms with E-state index in [0.29, 0.717) is 50.8 Å². The largest absolute Gasteiger partial charge is 0.508 e. The molecule has 530 valence electrons. The molecule has 29 heteroatoms. The lowest BCUT2D eigenvalue weighted by Crippen LogP contribution is -2.63. The van der Waals surface area contributed by atoms with Crippen LogP contribution in [0.25, 0.3) is 10.9 Å². The smallest absolute Gasteiger partial charge is 0.252 e. The number of aromatic amines is 1. The molecule has 28 nitrogen and oxygen atoms in total. The number of benzene rings is 4. The number of aromatic nitrogens is 1. The minimum Gasteiger partial charge on any atom is -0.508 e. The SMILES string of the molecule is CC(C)C[C@H](NC(=O)[C@@H](N)CCCNC(=O)CI)C(=O)N[C@H](Cc1ccccc1)C(=O)N1C=CC[C@H]1C(=O)N[C@@H](Cc1c[nH]c2ccccc12)C(=O)N(C(=O)[C@@H](NC(=O)[C@H](Cc1ccc(O)cc1)NC(=O)[C@H](CCC(N)=O)NC(=O)[C@@H](N)CC(N)=O)C(C)C)[C@@H](C=O)Cc1ccccc1. The topological polar surface area (TPSA) is 453 Å². The predicted octanol–water partition coefficient (Wildman–Crippen LogP) is 0.919. The average Bonchev–Trinajstić information content (AvgIpc) is 1.79. The van der Waals surface area contributed by atoms with Crippen molar-refractivity contribution in [2.24, 2.45) is 34.8 Å². The lowest BCUT2D eigenvalue weighted by atomic mass is 9.96. The number of carbonyl (C=O) groups is 13. The van der Waals surface area contributed by atoms with Gasteiger partial charge in [0.05, 0.1) is 29.0 Å². The monoisotopic (exact) mass is 1480 g/mol. The normalized spacial score (nSPS) is 15.4. The molecule has 1 aliphatic rings. The molecule has 4 aromatic carbocycles. The first kappa shape index (κ1) is 78.1. The fourth-order valence-electron chi connectivity index (χ4n) is 11.3. The van der Waals surface area contributed by atoms with Crippen LogP contribution < -0.4 is 60.2 Å². The van der Waals surface area contributed by atoms with Crippen molar-refractivity contribution < 1.29 is 67.4 Å². The molecule has 0 aliphatic carbocycles. The number of nitrogens with two attached hydrogens (primary N) is 4. The van der Waals surface area contributed by atoms with Crippen LogP contribution in [-0.4, -0.2) is 168 Å². The summed E-state index contributed by atoms with van der Waals surface area (Å²) in [5.74, 6) is -11.4. The van der Waals surface area contributed by atoms with E-state index in [1.165, 1.54) is 30.5 Å². The van der Waals surface area contributed by atoms with Crippen molar-refractivity contribution in [1.29, 1.82) is 0 Å². The predicted molar refractivity (Wildman–Crippen MR) is 375 cm³/mol. The van der Waals surface area contributed by atoms with Gasteiger partial charge in [-0.3, -0.25) is 62.4 Å². The number of aldehydes is 1. The number of nitrogens with one attached hydrogen (secondary N) is 8. The van der Waals surface area contributed by atoms with Crippen LogP contribution in [0.5, 0.6) is 5.75 Å². The maximum absolute atomic E-state index is 16.1. The fourth-order valence-corrected chi connectivity index (χ4v) is 11.5. The molecule has 0 spiro atoms. The maximum atomic E-state index is 16.1. The number of imide groups is 1. The van der Waals surface area contributed by atoms with E-state index in [4.69, 9.17) is 22.9 Å². The molecule has 2 heterocycles. The second-order valence-corrected chi connectivity index (χ2v) is 25.9. The van der Waals surface area contributed by atoms with E-state index in [2.05, 4.69) is 42.2 Å². The third-order valence-electron chi connectivity index (χ3n) is 16.5. The molecule has 5 aromatic rings. The molecule has 0 radical (unpaired) electrons. The first-order valence-corrected chi connectivity index (χ1v) is 34.1. The highest BCUT2D eigenvalue weighted by Gasteiger charge is 2.44. The van der Waals surface area contributed by atoms with Crippen LogP contribution in [0.15, 0.2) is 128 Å². The summed E-state index contributed by atoms with van der Waals surface area (Å²) in [5.41, 5.74) is 25.5. The molecule has 99 heavy (non-hydrogen) atoms. The van der Waals surface area contributed by atoms with Crippen molar-refractivity contribution >= 4 is 111 Å². The highest BCUT2D eigenvalue weighted by molar-refractivity contribution is 14.1. The maximum Gasteiger partial charge on any atom is 0.252 e. The molecule has 10 atom stereocenters. The number of halogens is 1. The number of amides is 12. The zero-order valence-electron chi connectivity index (χ0n) is 55.7. The summed E-state index contributed by atoms with van der Waals surface area (Å²) in [5, 5.41) is 29.6. The Morgan fingerprint density at radius 1 is 0.626 bits per heavy atom. The van der Waals surface area contributed by atoms with Gasteiger partial charge in [-0.1, -0.05) is 147 Å². The number of rotatable bonds is 38. The quantitative estimate of drug-likeness (QED) is 0.0113. The summed E-state index contributed by atoms with van der Waals surface area (Å²) in [6.07, 6.45) is 3.13. The average molecular weight is 1480 g/mol. The summed E-state index contributed by atoms with van der Waals surface area (Å²) in [6, 6.07) is 15.1. The third kappa shape index (κ3) is 23.7. The van der Waals surface area contributed by atoms with E-state index in [0.717, 1.165) is 4.90 Å². The van der Waals surface area contributed by atoms with Crippen LogP contribution in [-0.2, 0) is 88.0 Å². The molecule has 6 rings (SSSR count). The van der Waals surface area contributed by atoms with Crippen molar-refractivity contribution in [2.75, 3.05) is 11.0 Å². The van der Waals surface area contributed by atoms with Crippen molar-refractivity contribution in [1.82, 2.24) is 52.0 Å². The Balaban J connectivity index is 1.37. The Labute approximate surface area is 587 Å². The Hall–Kier alpha value is -9.88. The zero-order valence-corrected chi connectivity index (χ0v) is 57.8. The molecule has 0 bridgehead atoms. The summed E-state index contributed by atoms with van der Waals surface area (Å²) < 4.78 is 0.258. The van der Waals surface area contributed by atoms with Crippen molar-refractivity contribution in [3.8, 4) is 5.75 Å². The number of aromatic hydroxyl groups is 1. The summed E-state index contributed by atoms with van der Waals surface area (Å²) in [4.78, 5) is 187. The van der Waals surface area contributed by atoms with E-state index >= 15 is 24.0 Å². The van der Waals surface area contributed by atoms with Crippen molar-refractivity contribution in [2.45, 2.75) is 159 Å². The number of fused-ring (bicyclic) bond motifs is 1. The molecule has 0 unspecified atom stereocenters. The minimum atomic E-state index is -1.72. The number of para-hydroxylation sites is 1. The van der Waals surface area contributed by atoms with Crippen LogP contribution in [0, 0.1) is 11.8 Å². The van der Waals surface area contributed by atoms with Crippen molar-refractivity contribution in [3.63, 3.8) is 0 Å².